The maximum Gasteiger partial charge on any atom is 0.248 e. The molecule has 5 aliphatic heterocycles. The number of carbonyl (C=O) groups is 7. The highest BCUT2D eigenvalue weighted by molar-refractivity contribution is 6.32. The fourth-order valence-corrected chi connectivity index (χ4v) is 12.2. The number of nitrogens with one attached hydrogen (secondary N) is 7. The minimum absolute atomic E-state index is 0.0711. The summed E-state index contributed by atoms with van der Waals surface area (Å²) in [6.45, 7) is 9.17. The van der Waals surface area contributed by atoms with Crippen LogP contribution in [0.25, 0.3) is 0 Å². The first-order chi connectivity index (χ1) is 47.9. The summed E-state index contributed by atoms with van der Waals surface area (Å²) in [5, 5.41) is 96.9. The van der Waals surface area contributed by atoms with Gasteiger partial charge < -0.3 is 108 Å². The van der Waals surface area contributed by atoms with Gasteiger partial charge in [0.2, 0.25) is 47.1 Å². The van der Waals surface area contributed by atoms with E-state index in [4.69, 9.17) is 48.9 Å². The van der Waals surface area contributed by atoms with Crippen molar-refractivity contribution in [1.29, 1.82) is 0 Å². The number of aliphatic hydroxyl groups excluding tert-OH is 1. The Morgan fingerprint density at radius 3 is 1.75 bits per heavy atom. The van der Waals surface area contributed by atoms with Gasteiger partial charge >= 0.3 is 0 Å². The van der Waals surface area contributed by atoms with Gasteiger partial charge in [0.05, 0.1) is 10.0 Å². The number of benzene rings is 7. The van der Waals surface area contributed by atoms with Crippen LogP contribution >= 0.6 is 23.2 Å². The normalized spacial score (nSPS) is 19.6. The highest BCUT2D eigenvalue weighted by Gasteiger charge is 2.40. The second-order valence-electron chi connectivity index (χ2n) is 24.1. The highest BCUT2D eigenvalue weighted by atomic mass is 35.5. The Balaban J connectivity index is 1.07. The molecule has 13 bridgehead atoms. The van der Waals surface area contributed by atoms with E-state index in [2.05, 4.69) is 60.9 Å². The average molecular weight is 1410 g/mol. The Morgan fingerprint density at radius 1 is 0.550 bits per heavy atom. The predicted molar refractivity (Wildman–Crippen MR) is 364 cm³/mol. The lowest BCUT2D eigenvalue weighted by Crippen LogP contribution is -2.55. The lowest BCUT2D eigenvalue weighted by Gasteiger charge is -2.30. The maximum absolute atomic E-state index is 15.8. The molecule has 0 aromatic heterocycles. The van der Waals surface area contributed by atoms with Gasteiger partial charge in [-0.3, -0.25) is 33.6 Å². The number of nitrogens with two attached hydrogens (primary N) is 2. The number of likely N-dealkylation sites (N-methyl/N-ethyl adjacent to an activating group) is 1. The number of carbonyl (C=O) groups excluding carboxylic acids is 7. The number of ether oxygens (including phenoxy) is 3. The van der Waals surface area contributed by atoms with Gasteiger partial charge in [0, 0.05) is 38.2 Å². The Labute approximate surface area is 583 Å². The van der Waals surface area contributed by atoms with Crippen LogP contribution in [0.1, 0.15) is 102 Å². The zero-order valence-corrected chi connectivity index (χ0v) is 55.6. The zero-order chi connectivity index (χ0) is 71.6. The van der Waals surface area contributed by atoms with E-state index in [1.807, 2.05) is 0 Å². The molecule has 30 heteroatoms. The highest BCUT2D eigenvalue weighted by Crippen LogP contribution is 2.47. The van der Waals surface area contributed by atoms with Gasteiger partial charge in [0.1, 0.15) is 88.6 Å². The van der Waals surface area contributed by atoms with Crippen molar-refractivity contribution in [3.05, 3.63) is 176 Å². The van der Waals surface area contributed by atoms with Crippen LogP contribution in [0.3, 0.4) is 0 Å². The van der Waals surface area contributed by atoms with Gasteiger partial charge in [-0.2, -0.15) is 0 Å². The molecule has 0 radical (unpaired) electrons. The molecular weight excluding hydrogens is 1340 g/mol. The predicted octanol–water partition coefficient (Wildman–Crippen LogP) is 5.42. The molecule has 0 aliphatic carbocycles. The molecule has 0 saturated carbocycles. The van der Waals surface area contributed by atoms with E-state index >= 15 is 19.2 Å². The Kier molecular flexibility index (Phi) is 23.1. The van der Waals surface area contributed by atoms with Crippen molar-refractivity contribution in [2.24, 2.45) is 11.5 Å². The second-order valence-corrected chi connectivity index (χ2v) is 24.9. The van der Waals surface area contributed by atoms with Crippen molar-refractivity contribution in [2.75, 3.05) is 52.4 Å². The molecule has 100 heavy (non-hydrogen) atoms. The number of nitrogens with zero attached hydrogens (tertiary/aromatic N) is 2. The molecule has 7 amide bonds. The Morgan fingerprint density at radius 2 is 1.11 bits per heavy atom. The zero-order valence-electron chi connectivity index (χ0n) is 54.0. The van der Waals surface area contributed by atoms with Gasteiger partial charge in [-0.05, 0) is 169 Å². The Bertz CT molecular complexity index is 4220. The number of amides is 7. The number of hydrogen-bond donors (Lipinski definition) is 16. The van der Waals surface area contributed by atoms with Crippen molar-refractivity contribution in [3.63, 3.8) is 0 Å². The van der Waals surface area contributed by atoms with Gasteiger partial charge in [0.15, 0.2) is 23.0 Å². The van der Waals surface area contributed by atoms with E-state index in [1.54, 1.807) is 0 Å². The van der Waals surface area contributed by atoms with Crippen molar-refractivity contribution in [1.82, 2.24) is 47.0 Å². The quantitative estimate of drug-likeness (QED) is 0.0506. The average Bonchev–Trinajstić information content (AvgIpc) is 0.789. The summed E-state index contributed by atoms with van der Waals surface area (Å²) in [6.07, 6.45) is -1.28. The van der Waals surface area contributed by atoms with Gasteiger partial charge in [-0.1, -0.05) is 67.4 Å². The van der Waals surface area contributed by atoms with Crippen LogP contribution in [0.4, 0.5) is 0 Å². The molecular formula is C70H75Cl2N11O17. The summed E-state index contributed by atoms with van der Waals surface area (Å²) in [5.41, 5.74) is 11.9. The van der Waals surface area contributed by atoms with Crippen LogP contribution in [0.5, 0.6) is 69.0 Å². The third kappa shape index (κ3) is 17.3. The fraction of sp³-hybridized carbons (Fsp3) is 0.300. The van der Waals surface area contributed by atoms with Crippen molar-refractivity contribution < 1.29 is 83.5 Å². The van der Waals surface area contributed by atoms with Crippen LogP contribution < -0.4 is 62.9 Å². The standard InChI is InChI=1S/C70H75Cl2N11O17/c1-3-82(4-2)21-22-83(19-5-17-73)20-6-18-75-66(93)58(39-25-43(85)33-44(86)26-39)79-70(97)61-62(89)38-11-16-52(48(72)29-38)100-55-32-41-31-54(63(55)90)99-51-15-7-35(23-47(51)71)24-49-64(91)77-59(68(95)80-60(41)69(96)78-57(67(94)81-61)36-8-12-42(84)13-9-36)40-27-45(87)34-46(28-40)98-53-30-37(10-14-50(53)88)56(74)65(92)76-49/h7-16,23,25-34,49,56-62,84-90H,3-6,17-22,24,73-74H2,1-2H3,(H,75,93)(H,76,92)(H,77,91)(H,78,96)(H,79,97)(H,80,95)(H,81,94). The number of aliphatic hydroxyl groups is 1. The molecule has 12 rings (SSSR count). The molecule has 5 aliphatic rings. The van der Waals surface area contributed by atoms with Gasteiger partial charge in [0.25, 0.3) is 0 Å². The third-order valence-corrected chi connectivity index (χ3v) is 17.7. The number of aromatic hydroxyl groups is 6. The summed E-state index contributed by atoms with van der Waals surface area (Å²) in [6, 6.07) is 12.3. The summed E-state index contributed by atoms with van der Waals surface area (Å²) >= 11 is 13.9. The molecule has 8 unspecified atom stereocenters. The van der Waals surface area contributed by atoms with E-state index < -0.39 is 130 Å². The maximum atomic E-state index is 15.8. The molecule has 0 saturated heterocycles. The molecule has 7 aromatic rings. The minimum Gasteiger partial charge on any atom is -0.508 e. The van der Waals surface area contributed by atoms with E-state index in [-0.39, 0.29) is 85.1 Å². The van der Waals surface area contributed by atoms with E-state index in [0.29, 0.717) is 31.6 Å². The molecule has 5 heterocycles. The molecule has 28 nitrogen and oxygen atoms in total. The first kappa shape index (κ1) is 72.2. The van der Waals surface area contributed by atoms with Crippen LogP contribution in [-0.2, 0) is 40.0 Å². The topological polar surface area (TPSA) is 432 Å². The summed E-state index contributed by atoms with van der Waals surface area (Å²) in [7, 11) is 0. The molecule has 7 aromatic carbocycles. The third-order valence-electron chi connectivity index (χ3n) is 17.1. The Hall–Kier alpha value is -10.6. The van der Waals surface area contributed by atoms with Crippen molar-refractivity contribution in [3.8, 4) is 69.0 Å². The lowest BCUT2D eigenvalue weighted by molar-refractivity contribution is -0.137. The number of phenols is 6. The summed E-state index contributed by atoms with van der Waals surface area (Å²) in [5.74, 6) is -12.6. The van der Waals surface area contributed by atoms with Crippen LogP contribution in [-0.4, -0.2) is 151 Å². The lowest BCUT2D eigenvalue weighted by atomic mass is 9.97. The van der Waals surface area contributed by atoms with Crippen LogP contribution in [0.2, 0.25) is 10.0 Å². The summed E-state index contributed by atoms with van der Waals surface area (Å²) in [4.78, 5) is 110. The molecule has 0 fully saturated rings. The van der Waals surface area contributed by atoms with Crippen molar-refractivity contribution >= 4 is 64.6 Å². The monoisotopic (exact) mass is 1410 g/mol. The number of fused-ring (bicyclic) bond motifs is 15. The first-order valence-electron chi connectivity index (χ1n) is 32.0. The van der Waals surface area contributed by atoms with Gasteiger partial charge in [-0.15, -0.1) is 0 Å². The fourth-order valence-electron chi connectivity index (χ4n) is 11.7. The van der Waals surface area contributed by atoms with E-state index in [0.717, 1.165) is 87.2 Å². The van der Waals surface area contributed by atoms with Crippen molar-refractivity contribution in [2.45, 2.75) is 81.5 Å². The number of hydrogen-bond acceptors (Lipinski definition) is 21. The molecule has 0 spiro atoms. The molecule has 8 atom stereocenters. The largest absolute Gasteiger partial charge is 0.508 e. The molecule has 18 N–H and O–H groups in total. The number of phenolic OH excluding ortho intramolecular Hbond substituents is 6. The van der Waals surface area contributed by atoms with Crippen LogP contribution in [0.15, 0.2) is 127 Å². The minimum atomic E-state index is -2.16. The number of halogens is 2. The smallest absolute Gasteiger partial charge is 0.248 e. The number of rotatable bonds is 17. The van der Waals surface area contributed by atoms with E-state index in [1.165, 1.54) is 72.8 Å². The van der Waals surface area contributed by atoms with Gasteiger partial charge in [-0.25, -0.2) is 0 Å². The van der Waals surface area contributed by atoms with Crippen LogP contribution in [0, 0.1) is 0 Å². The van der Waals surface area contributed by atoms with E-state index in [9.17, 15) is 50.1 Å². The SMILES string of the molecule is CCN(CC)CCN(CCCN)CCCNC(=O)C(NC(=O)C1NC(=O)C(c2ccc(O)cc2)NC(=O)C2NC(=O)C3NC(=O)C(Cc4ccc(c(Cl)c4)Oc4cc2cc(c4O)Oc2ccc(cc2Cl)C1O)NC(=O)C(N)c1ccc(O)c(c1)Oc1cc(O)cc3c1)c1cc(O)cc(O)c1. The molecule has 526 valence electrons. The second kappa shape index (κ2) is 31.9. The first-order valence-corrected chi connectivity index (χ1v) is 32.8. The summed E-state index contributed by atoms with van der Waals surface area (Å²) < 4.78 is 18.6.